The van der Waals surface area contributed by atoms with Gasteiger partial charge in [-0.1, -0.05) is 24.3 Å². The molecule has 0 saturated carbocycles. The van der Waals surface area contributed by atoms with Crippen LogP contribution >= 0.6 is 0 Å². The van der Waals surface area contributed by atoms with Crippen LogP contribution in [-0.4, -0.2) is 13.4 Å². The first-order valence-corrected chi connectivity index (χ1v) is 7.35. The fourth-order valence-corrected chi connectivity index (χ4v) is 2.96. The highest BCUT2D eigenvalue weighted by molar-refractivity contribution is 7.91. The normalized spacial score (nSPS) is 11.2. The maximum absolute atomic E-state index is 12.0. The molecule has 0 unspecified atom stereocenters. The van der Waals surface area contributed by atoms with Gasteiger partial charge < -0.3 is 4.98 Å². The van der Waals surface area contributed by atoms with Crippen LogP contribution < -0.4 is 10.3 Å². The first-order chi connectivity index (χ1) is 8.96. The SMILES string of the molecule is Cc1ccccc1CS(=O)(=O)Nc1ccc(=O)[nH]c1. The molecule has 0 aliphatic heterocycles. The smallest absolute Gasteiger partial charge is 0.248 e. The van der Waals surface area contributed by atoms with E-state index in [4.69, 9.17) is 0 Å². The van der Waals surface area contributed by atoms with Crippen LogP contribution in [0.1, 0.15) is 11.1 Å². The van der Waals surface area contributed by atoms with Crippen LogP contribution in [0.4, 0.5) is 5.69 Å². The average molecular weight is 278 g/mol. The van der Waals surface area contributed by atoms with E-state index in [0.29, 0.717) is 5.69 Å². The molecule has 2 aromatic rings. The summed E-state index contributed by atoms with van der Waals surface area (Å²) in [6, 6.07) is 10.0. The largest absolute Gasteiger partial charge is 0.327 e. The lowest BCUT2D eigenvalue weighted by atomic mass is 10.1. The molecule has 0 aliphatic rings. The molecule has 0 atom stereocenters. The summed E-state index contributed by atoms with van der Waals surface area (Å²) in [5, 5.41) is 0. The highest BCUT2D eigenvalue weighted by atomic mass is 32.2. The Morgan fingerprint density at radius 2 is 1.89 bits per heavy atom. The predicted octanol–water partition coefficient (Wildman–Crippen LogP) is 1.63. The van der Waals surface area contributed by atoms with E-state index in [2.05, 4.69) is 9.71 Å². The molecule has 2 N–H and O–H groups in total. The van der Waals surface area contributed by atoms with Crippen LogP contribution in [0.15, 0.2) is 47.4 Å². The Hall–Kier alpha value is -2.08. The number of hydrogen-bond donors (Lipinski definition) is 2. The van der Waals surface area contributed by atoms with Gasteiger partial charge in [0.1, 0.15) is 0 Å². The van der Waals surface area contributed by atoms with E-state index in [0.717, 1.165) is 11.1 Å². The number of aryl methyl sites for hydroxylation is 1. The lowest BCUT2D eigenvalue weighted by Gasteiger charge is -2.09. The Kier molecular flexibility index (Phi) is 3.71. The van der Waals surface area contributed by atoms with Gasteiger partial charge >= 0.3 is 0 Å². The molecule has 0 aliphatic carbocycles. The minimum atomic E-state index is -3.50. The number of aromatic nitrogens is 1. The molecule has 5 nitrogen and oxygen atoms in total. The zero-order chi connectivity index (χ0) is 13.9. The molecule has 100 valence electrons. The molecule has 2 rings (SSSR count). The van der Waals surface area contributed by atoms with Crippen molar-refractivity contribution >= 4 is 15.7 Å². The number of pyridine rings is 1. The molecule has 0 radical (unpaired) electrons. The van der Waals surface area contributed by atoms with Gasteiger partial charge in [-0.15, -0.1) is 0 Å². The topological polar surface area (TPSA) is 79.0 Å². The van der Waals surface area contributed by atoms with Crippen molar-refractivity contribution < 1.29 is 8.42 Å². The lowest BCUT2D eigenvalue weighted by Crippen LogP contribution is -2.16. The van der Waals surface area contributed by atoms with Crippen molar-refractivity contribution in [3.05, 3.63) is 64.1 Å². The van der Waals surface area contributed by atoms with Gasteiger partial charge in [-0.2, -0.15) is 0 Å². The van der Waals surface area contributed by atoms with Crippen LogP contribution in [-0.2, 0) is 15.8 Å². The quantitative estimate of drug-likeness (QED) is 0.892. The maximum atomic E-state index is 12.0. The minimum absolute atomic E-state index is 0.0984. The Labute approximate surface area is 111 Å². The Bertz CT molecular complexity index is 715. The molecule has 0 bridgehead atoms. The van der Waals surface area contributed by atoms with Gasteiger partial charge in [0.15, 0.2) is 0 Å². The van der Waals surface area contributed by atoms with Gasteiger partial charge in [0.25, 0.3) is 0 Å². The van der Waals surface area contributed by atoms with Crippen LogP contribution in [0, 0.1) is 6.92 Å². The standard InChI is InChI=1S/C13H14N2O3S/c1-10-4-2-3-5-11(10)9-19(17,18)15-12-6-7-13(16)14-8-12/h2-8,15H,9H2,1H3,(H,14,16). The van der Waals surface area contributed by atoms with Crippen molar-refractivity contribution in [1.29, 1.82) is 0 Å². The zero-order valence-electron chi connectivity index (χ0n) is 10.4. The number of aromatic amines is 1. The molecule has 0 amide bonds. The van der Waals surface area contributed by atoms with Gasteiger partial charge in [-0.3, -0.25) is 9.52 Å². The molecular formula is C13H14N2O3S. The van der Waals surface area contributed by atoms with Crippen molar-refractivity contribution in [2.75, 3.05) is 4.72 Å². The van der Waals surface area contributed by atoms with Crippen molar-refractivity contribution in [1.82, 2.24) is 4.98 Å². The summed E-state index contributed by atoms with van der Waals surface area (Å²) in [6.45, 7) is 1.87. The summed E-state index contributed by atoms with van der Waals surface area (Å²) in [5.41, 5.74) is 1.74. The number of nitrogens with one attached hydrogen (secondary N) is 2. The fourth-order valence-electron chi connectivity index (χ4n) is 1.67. The second-order valence-electron chi connectivity index (χ2n) is 4.23. The fraction of sp³-hybridized carbons (Fsp3) is 0.154. The first kappa shape index (κ1) is 13.4. The van der Waals surface area contributed by atoms with Gasteiger partial charge in [0, 0.05) is 12.3 Å². The summed E-state index contributed by atoms with van der Waals surface area (Å²) in [5.74, 6) is -0.0984. The third-order valence-electron chi connectivity index (χ3n) is 2.66. The van der Waals surface area contributed by atoms with E-state index in [9.17, 15) is 13.2 Å². The van der Waals surface area contributed by atoms with Crippen LogP contribution in [0.2, 0.25) is 0 Å². The van der Waals surface area contributed by atoms with Gasteiger partial charge in [-0.25, -0.2) is 8.42 Å². The average Bonchev–Trinajstić information content (AvgIpc) is 2.35. The summed E-state index contributed by atoms with van der Waals surface area (Å²) in [6.07, 6.45) is 1.33. The summed E-state index contributed by atoms with van der Waals surface area (Å²) in [7, 11) is -3.50. The van der Waals surface area contributed by atoms with Crippen molar-refractivity contribution in [3.63, 3.8) is 0 Å². The number of H-pyrrole nitrogens is 1. The molecule has 19 heavy (non-hydrogen) atoms. The zero-order valence-corrected chi connectivity index (χ0v) is 11.2. The number of anilines is 1. The number of sulfonamides is 1. The Morgan fingerprint density at radius 1 is 1.16 bits per heavy atom. The first-order valence-electron chi connectivity index (χ1n) is 5.70. The third-order valence-corrected chi connectivity index (χ3v) is 3.90. The molecule has 0 spiro atoms. The molecule has 6 heteroatoms. The minimum Gasteiger partial charge on any atom is -0.327 e. The predicted molar refractivity (Wildman–Crippen MR) is 74.5 cm³/mol. The highest BCUT2D eigenvalue weighted by Gasteiger charge is 2.13. The third kappa shape index (κ3) is 3.69. The van der Waals surface area contributed by atoms with E-state index in [1.807, 2.05) is 19.1 Å². The summed E-state index contributed by atoms with van der Waals surface area (Å²) in [4.78, 5) is 13.3. The van der Waals surface area contributed by atoms with Crippen LogP contribution in [0.5, 0.6) is 0 Å². The van der Waals surface area contributed by atoms with E-state index in [1.54, 1.807) is 12.1 Å². The molecular weight excluding hydrogens is 264 g/mol. The molecule has 0 saturated heterocycles. The van der Waals surface area contributed by atoms with Crippen molar-refractivity contribution in [2.24, 2.45) is 0 Å². The second kappa shape index (κ2) is 5.27. The monoisotopic (exact) mass is 278 g/mol. The maximum Gasteiger partial charge on any atom is 0.248 e. The van der Waals surface area contributed by atoms with Gasteiger partial charge in [0.2, 0.25) is 15.6 Å². The van der Waals surface area contributed by atoms with Crippen LogP contribution in [0.25, 0.3) is 0 Å². The number of hydrogen-bond acceptors (Lipinski definition) is 3. The van der Waals surface area contributed by atoms with Crippen molar-refractivity contribution in [3.8, 4) is 0 Å². The lowest BCUT2D eigenvalue weighted by molar-refractivity contribution is 0.600. The second-order valence-corrected chi connectivity index (χ2v) is 5.95. The Morgan fingerprint density at radius 3 is 2.53 bits per heavy atom. The highest BCUT2D eigenvalue weighted by Crippen LogP contribution is 2.13. The Balaban J connectivity index is 2.17. The van der Waals surface area contributed by atoms with Gasteiger partial charge in [0.05, 0.1) is 11.4 Å². The van der Waals surface area contributed by atoms with E-state index in [1.165, 1.54) is 18.3 Å². The summed E-state index contributed by atoms with van der Waals surface area (Å²) < 4.78 is 26.4. The number of rotatable bonds is 4. The molecule has 1 aromatic heterocycles. The van der Waals surface area contributed by atoms with Gasteiger partial charge in [-0.05, 0) is 24.1 Å². The molecule has 1 aromatic carbocycles. The van der Waals surface area contributed by atoms with E-state index < -0.39 is 10.0 Å². The molecule has 1 heterocycles. The van der Waals surface area contributed by atoms with Crippen LogP contribution in [0.3, 0.4) is 0 Å². The van der Waals surface area contributed by atoms with Crippen molar-refractivity contribution in [2.45, 2.75) is 12.7 Å². The number of benzene rings is 1. The van der Waals surface area contributed by atoms with E-state index in [-0.39, 0.29) is 11.3 Å². The summed E-state index contributed by atoms with van der Waals surface area (Å²) >= 11 is 0. The van der Waals surface area contributed by atoms with E-state index >= 15 is 0 Å². The molecule has 0 fully saturated rings.